The summed E-state index contributed by atoms with van der Waals surface area (Å²) in [5.41, 5.74) is 0.321. The minimum Gasteiger partial charge on any atom is -0.171 e. The van der Waals surface area contributed by atoms with Gasteiger partial charge in [-0.2, -0.15) is 13.2 Å². The number of halogens is 3. The van der Waals surface area contributed by atoms with Crippen LogP contribution in [0.5, 0.6) is 0 Å². The van der Waals surface area contributed by atoms with Gasteiger partial charge in [-0.25, -0.2) is 0 Å². The third kappa shape index (κ3) is 1.91. The minimum atomic E-state index is -3.94. The zero-order valence-electron chi connectivity index (χ0n) is 8.37. The molecule has 2 aliphatic rings. The van der Waals surface area contributed by atoms with E-state index < -0.39 is 12.1 Å². The molecule has 0 heterocycles. The van der Waals surface area contributed by atoms with Gasteiger partial charge in [0.05, 0.1) is 5.92 Å². The fourth-order valence-corrected chi connectivity index (χ4v) is 3.18. The molecule has 0 radical (unpaired) electrons. The van der Waals surface area contributed by atoms with Crippen LogP contribution in [0.1, 0.15) is 51.4 Å². The van der Waals surface area contributed by atoms with E-state index in [9.17, 15) is 13.2 Å². The first-order chi connectivity index (χ1) is 6.52. The first-order valence-corrected chi connectivity index (χ1v) is 5.59. The Morgan fingerprint density at radius 2 is 1.36 bits per heavy atom. The highest BCUT2D eigenvalue weighted by Gasteiger charge is 2.46. The molecule has 0 aromatic heterocycles. The molecule has 0 nitrogen and oxygen atoms in total. The third-order valence-corrected chi connectivity index (χ3v) is 4.17. The lowest BCUT2D eigenvalue weighted by atomic mass is 9.69. The van der Waals surface area contributed by atoms with Crippen LogP contribution in [0.3, 0.4) is 0 Å². The zero-order valence-corrected chi connectivity index (χ0v) is 8.37. The molecule has 82 valence electrons. The van der Waals surface area contributed by atoms with Crippen LogP contribution >= 0.6 is 0 Å². The van der Waals surface area contributed by atoms with Crippen molar-refractivity contribution >= 4 is 0 Å². The molecule has 3 heteroatoms. The molecule has 0 bridgehead atoms. The maximum Gasteiger partial charge on any atom is 0.391 e. The molecular formula is C11H17F3. The number of hydrogen-bond donors (Lipinski definition) is 0. The van der Waals surface area contributed by atoms with Gasteiger partial charge in [0.25, 0.3) is 0 Å². The number of hydrogen-bond acceptors (Lipinski definition) is 0. The quantitative estimate of drug-likeness (QED) is 0.554. The van der Waals surface area contributed by atoms with Crippen molar-refractivity contribution in [3.05, 3.63) is 0 Å². The van der Waals surface area contributed by atoms with Crippen LogP contribution < -0.4 is 0 Å². The predicted octanol–water partition coefficient (Wildman–Crippen LogP) is 4.30. The fourth-order valence-electron chi connectivity index (χ4n) is 3.18. The molecule has 2 fully saturated rings. The van der Waals surface area contributed by atoms with Gasteiger partial charge in [0.15, 0.2) is 0 Å². The van der Waals surface area contributed by atoms with Gasteiger partial charge in [-0.1, -0.05) is 12.8 Å². The second kappa shape index (κ2) is 3.42. The Bertz CT molecular complexity index is 191. The monoisotopic (exact) mass is 206 g/mol. The molecule has 0 N–H and O–H groups in total. The van der Waals surface area contributed by atoms with E-state index in [1.54, 1.807) is 0 Å². The van der Waals surface area contributed by atoms with Crippen molar-refractivity contribution in [3.63, 3.8) is 0 Å². The van der Waals surface area contributed by atoms with Gasteiger partial charge < -0.3 is 0 Å². The van der Waals surface area contributed by atoms with Gasteiger partial charge in [-0.05, 0) is 43.9 Å². The van der Waals surface area contributed by atoms with Crippen molar-refractivity contribution in [2.45, 2.75) is 57.5 Å². The highest BCUT2D eigenvalue weighted by Crippen LogP contribution is 2.52. The summed E-state index contributed by atoms with van der Waals surface area (Å²) in [6, 6.07) is 0. The van der Waals surface area contributed by atoms with Crippen molar-refractivity contribution in [2.24, 2.45) is 11.3 Å². The molecule has 0 aromatic rings. The maximum atomic E-state index is 12.4. The largest absolute Gasteiger partial charge is 0.391 e. The lowest BCUT2D eigenvalue weighted by Gasteiger charge is -2.37. The molecule has 0 saturated heterocycles. The average Bonchev–Trinajstić information content (AvgIpc) is 2.53. The van der Waals surface area contributed by atoms with Crippen LogP contribution in [0.25, 0.3) is 0 Å². The summed E-state index contributed by atoms with van der Waals surface area (Å²) in [6.07, 6.45) is 3.27. The summed E-state index contributed by atoms with van der Waals surface area (Å²) >= 11 is 0. The van der Waals surface area contributed by atoms with Crippen molar-refractivity contribution in [3.8, 4) is 0 Å². The van der Waals surface area contributed by atoms with Gasteiger partial charge in [-0.15, -0.1) is 0 Å². The lowest BCUT2D eigenvalue weighted by Crippen LogP contribution is -2.32. The van der Waals surface area contributed by atoms with Crippen LogP contribution in [-0.4, -0.2) is 6.18 Å². The summed E-state index contributed by atoms with van der Waals surface area (Å²) in [5, 5.41) is 0. The molecular weight excluding hydrogens is 189 g/mol. The SMILES string of the molecule is FC(F)(F)C1CCC2(CCCC2)CC1. The number of alkyl halides is 3. The molecule has 0 amide bonds. The zero-order chi connectivity index (χ0) is 10.2. The highest BCUT2D eigenvalue weighted by atomic mass is 19.4. The van der Waals surface area contributed by atoms with E-state index in [0.717, 1.165) is 12.8 Å². The molecule has 2 aliphatic carbocycles. The van der Waals surface area contributed by atoms with E-state index in [2.05, 4.69) is 0 Å². The Morgan fingerprint density at radius 3 is 1.79 bits per heavy atom. The van der Waals surface area contributed by atoms with E-state index in [1.807, 2.05) is 0 Å². The van der Waals surface area contributed by atoms with Crippen LogP contribution in [0.4, 0.5) is 13.2 Å². The van der Waals surface area contributed by atoms with E-state index >= 15 is 0 Å². The smallest absolute Gasteiger partial charge is 0.171 e. The summed E-state index contributed by atoms with van der Waals surface area (Å²) < 4.78 is 37.3. The van der Waals surface area contributed by atoms with Gasteiger partial charge in [-0.3, -0.25) is 0 Å². The summed E-state index contributed by atoms with van der Waals surface area (Å²) in [4.78, 5) is 0. The van der Waals surface area contributed by atoms with Crippen LogP contribution in [-0.2, 0) is 0 Å². The minimum absolute atomic E-state index is 0.321. The first kappa shape index (κ1) is 10.3. The Morgan fingerprint density at radius 1 is 0.857 bits per heavy atom. The van der Waals surface area contributed by atoms with Crippen LogP contribution in [0, 0.1) is 11.3 Å². The standard InChI is InChI=1S/C11H17F3/c12-11(13,14)9-3-7-10(8-4-9)5-1-2-6-10/h9H,1-8H2. The topological polar surface area (TPSA) is 0 Å². The van der Waals surface area contributed by atoms with E-state index in [1.165, 1.54) is 25.7 Å². The summed E-state index contributed by atoms with van der Waals surface area (Å²) in [7, 11) is 0. The summed E-state index contributed by atoms with van der Waals surface area (Å²) in [6.45, 7) is 0. The van der Waals surface area contributed by atoms with E-state index in [0.29, 0.717) is 18.3 Å². The fraction of sp³-hybridized carbons (Fsp3) is 1.00. The molecule has 2 saturated carbocycles. The molecule has 0 aliphatic heterocycles. The highest BCUT2D eigenvalue weighted by molar-refractivity contribution is 4.90. The van der Waals surface area contributed by atoms with Gasteiger partial charge >= 0.3 is 6.18 Å². The first-order valence-electron chi connectivity index (χ1n) is 5.59. The van der Waals surface area contributed by atoms with Crippen molar-refractivity contribution < 1.29 is 13.2 Å². The Labute approximate surface area is 82.9 Å². The molecule has 14 heavy (non-hydrogen) atoms. The molecule has 2 rings (SSSR count). The van der Waals surface area contributed by atoms with Gasteiger partial charge in [0, 0.05) is 0 Å². The normalized spacial score (nSPS) is 28.5. The Hall–Kier alpha value is -0.210. The molecule has 0 atom stereocenters. The van der Waals surface area contributed by atoms with E-state index in [4.69, 9.17) is 0 Å². The lowest BCUT2D eigenvalue weighted by molar-refractivity contribution is -0.187. The van der Waals surface area contributed by atoms with Crippen molar-refractivity contribution in [1.82, 2.24) is 0 Å². The van der Waals surface area contributed by atoms with Gasteiger partial charge in [0.2, 0.25) is 0 Å². The predicted molar refractivity (Wildman–Crippen MR) is 48.9 cm³/mol. The van der Waals surface area contributed by atoms with Crippen LogP contribution in [0.15, 0.2) is 0 Å². The maximum absolute atomic E-state index is 12.4. The Balaban J connectivity index is 1.92. The molecule has 0 unspecified atom stereocenters. The second-order valence-corrected chi connectivity index (χ2v) is 5.02. The third-order valence-electron chi connectivity index (χ3n) is 4.17. The van der Waals surface area contributed by atoms with Crippen molar-refractivity contribution in [2.75, 3.05) is 0 Å². The summed E-state index contributed by atoms with van der Waals surface area (Å²) in [5.74, 6) is -1.01. The average molecular weight is 206 g/mol. The van der Waals surface area contributed by atoms with Crippen LogP contribution in [0.2, 0.25) is 0 Å². The van der Waals surface area contributed by atoms with Gasteiger partial charge in [0.1, 0.15) is 0 Å². The Kier molecular flexibility index (Phi) is 2.52. The number of rotatable bonds is 0. The molecule has 0 aromatic carbocycles. The molecule has 1 spiro atoms. The van der Waals surface area contributed by atoms with Crippen molar-refractivity contribution in [1.29, 1.82) is 0 Å². The van der Waals surface area contributed by atoms with E-state index in [-0.39, 0.29) is 0 Å². The second-order valence-electron chi connectivity index (χ2n) is 5.02.